The maximum absolute atomic E-state index is 14.3. The maximum Gasteiger partial charge on any atom is 0.243 e. The first kappa shape index (κ1) is 18.1. The van der Waals surface area contributed by atoms with Gasteiger partial charge in [0.05, 0.1) is 0 Å². The average Bonchev–Trinajstić information content (AvgIpc) is 3.13. The van der Waals surface area contributed by atoms with E-state index >= 15 is 0 Å². The van der Waals surface area contributed by atoms with Gasteiger partial charge < -0.3 is 25.8 Å². The van der Waals surface area contributed by atoms with Crippen LogP contribution in [0.4, 0.5) is 10.2 Å². The van der Waals surface area contributed by atoms with E-state index in [-0.39, 0.29) is 16.9 Å². The molecule has 3 heterocycles. The number of nitrogens with one attached hydrogen (secondary N) is 1. The number of aliphatic hydroxyl groups is 3. The Balaban J connectivity index is 1.68. The highest BCUT2D eigenvalue weighted by atomic mass is 35.5. The number of rotatable bonds is 3. The average molecular weight is 396 g/mol. The van der Waals surface area contributed by atoms with Crippen LogP contribution in [-0.4, -0.2) is 43.2 Å². The molecular formula is C17H17ClFN4O4+. The van der Waals surface area contributed by atoms with E-state index in [0.29, 0.717) is 10.6 Å². The first-order valence-corrected chi connectivity index (χ1v) is 8.53. The van der Waals surface area contributed by atoms with Gasteiger partial charge in [0.1, 0.15) is 36.0 Å². The highest BCUT2D eigenvalue weighted by Crippen LogP contribution is 2.38. The molecule has 0 radical (unpaired) electrons. The first-order valence-electron chi connectivity index (χ1n) is 8.16. The first-order chi connectivity index (χ1) is 12.9. The fourth-order valence-corrected chi connectivity index (χ4v) is 3.46. The van der Waals surface area contributed by atoms with Crippen molar-refractivity contribution >= 4 is 28.5 Å². The van der Waals surface area contributed by atoms with Crippen molar-refractivity contribution in [3.05, 3.63) is 53.2 Å². The zero-order valence-electron chi connectivity index (χ0n) is 13.8. The molecule has 142 valence electrons. The van der Waals surface area contributed by atoms with Crippen LogP contribution < -0.4 is 10.7 Å². The number of hydrogen-bond donors (Lipinski definition) is 4. The minimum Gasteiger partial charge on any atom is -0.387 e. The second kappa shape index (κ2) is 6.70. The Morgan fingerprint density at radius 3 is 2.67 bits per heavy atom. The van der Waals surface area contributed by atoms with Gasteiger partial charge in [0.25, 0.3) is 0 Å². The predicted molar refractivity (Wildman–Crippen MR) is 93.0 cm³/mol. The zero-order chi connectivity index (χ0) is 19.3. The number of ether oxygens (including phenoxy) is 1. The molecule has 1 aromatic carbocycles. The van der Waals surface area contributed by atoms with Crippen molar-refractivity contribution in [2.75, 3.05) is 5.73 Å². The van der Waals surface area contributed by atoms with Crippen LogP contribution in [0.5, 0.6) is 0 Å². The number of aliphatic hydroxyl groups excluding tert-OH is 3. The van der Waals surface area contributed by atoms with Gasteiger partial charge in [-0.05, 0) is 17.7 Å². The summed E-state index contributed by atoms with van der Waals surface area (Å²) in [6, 6.07) is 6.37. The number of anilines is 1. The lowest BCUT2D eigenvalue weighted by Gasteiger charge is -2.21. The molecule has 0 bridgehead atoms. The maximum atomic E-state index is 14.3. The molecule has 3 aromatic rings. The number of nitrogen functional groups attached to an aromatic ring is 1. The molecule has 0 spiro atoms. The molecular weight excluding hydrogens is 379 g/mol. The standard InChI is InChI=1S/C17H16ClFN4O4/c18-8-3-1-7(2-4-8)11(24)14-12(25)13(26)17(27-14)23-5-9(19)10-15(20)21-6-22-16(10)23/h1-6,11-14,17,24-26H,(H2,20,21,22)/p+1/t11?,12-,13+,14+,17+/m0/s1. The number of hydrogen-bond acceptors (Lipinski definition) is 6. The second-order valence-corrected chi connectivity index (χ2v) is 6.80. The summed E-state index contributed by atoms with van der Waals surface area (Å²) < 4.78 is 21.3. The van der Waals surface area contributed by atoms with E-state index in [1.54, 1.807) is 24.3 Å². The molecule has 2 aromatic heterocycles. The summed E-state index contributed by atoms with van der Waals surface area (Å²) in [4.78, 5) is 6.55. The van der Waals surface area contributed by atoms with Gasteiger partial charge in [-0.2, -0.15) is 0 Å². The smallest absolute Gasteiger partial charge is 0.243 e. The number of nitrogens with zero attached hydrogens (tertiary/aromatic N) is 2. The van der Waals surface area contributed by atoms with E-state index in [2.05, 4.69) is 9.97 Å². The molecule has 1 unspecified atom stereocenters. The van der Waals surface area contributed by atoms with Gasteiger partial charge >= 0.3 is 0 Å². The van der Waals surface area contributed by atoms with Crippen molar-refractivity contribution in [2.45, 2.75) is 30.6 Å². The predicted octanol–water partition coefficient (Wildman–Crippen LogP) is 0.578. The van der Waals surface area contributed by atoms with Crippen LogP contribution >= 0.6 is 11.6 Å². The van der Waals surface area contributed by atoms with E-state index in [1.807, 2.05) is 0 Å². The minimum atomic E-state index is -1.41. The molecule has 0 aliphatic carbocycles. The van der Waals surface area contributed by atoms with Crippen LogP contribution in [0.25, 0.3) is 11.0 Å². The van der Waals surface area contributed by atoms with E-state index in [0.717, 1.165) is 6.20 Å². The van der Waals surface area contributed by atoms with Crippen LogP contribution in [0.15, 0.2) is 36.8 Å². The molecule has 1 fully saturated rings. The van der Waals surface area contributed by atoms with E-state index < -0.39 is 36.5 Å². The summed E-state index contributed by atoms with van der Waals surface area (Å²) in [6.07, 6.45) is -3.93. The molecule has 1 aliphatic rings. The summed E-state index contributed by atoms with van der Waals surface area (Å²) in [6.45, 7) is 0. The number of halogens is 2. The van der Waals surface area contributed by atoms with Crippen molar-refractivity contribution in [1.29, 1.82) is 0 Å². The van der Waals surface area contributed by atoms with Crippen molar-refractivity contribution in [3.8, 4) is 0 Å². The van der Waals surface area contributed by atoms with Crippen molar-refractivity contribution < 1.29 is 29.4 Å². The zero-order valence-corrected chi connectivity index (χ0v) is 14.6. The lowest BCUT2D eigenvalue weighted by atomic mass is 9.99. The summed E-state index contributed by atoms with van der Waals surface area (Å²) in [5.41, 5.74) is 6.40. The summed E-state index contributed by atoms with van der Waals surface area (Å²) >= 11 is 5.84. The van der Waals surface area contributed by atoms with Gasteiger partial charge in [-0.1, -0.05) is 28.7 Å². The third kappa shape index (κ3) is 2.93. The summed E-state index contributed by atoms with van der Waals surface area (Å²) in [5, 5.41) is 31.9. The molecule has 27 heavy (non-hydrogen) atoms. The fourth-order valence-electron chi connectivity index (χ4n) is 3.34. The molecule has 1 aliphatic heterocycles. The Labute approximate surface area is 157 Å². The topological polar surface area (TPSA) is 128 Å². The normalized spacial score (nSPS) is 26.6. The largest absolute Gasteiger partial charge is 0.387 e. The molecule has 0 saturated carbocycles. The Morgan fingerprint density at radius 2 is 1.96 bits per heavy atom. The van der Waals surface area contributed by atoms with Gasteiger partial charge in [-0.15, -0.1) is 0 Å². The van der Waals surface area contributed by atoms with Crippen molar-refractivity contribution in [2.24, 2.45) is 0 Å². The lowest BCUT2D eigenvalue weighted by molar-refractivity contribution is -0.355. The van der Waals surface area contributed by atoms with Gasteiger partial charge in [0.15, 0.2) is 5.82 Å². The SMILES string of the molecule is Nc1nc[nH+]c2c1c(F)cn2[C@@H]1O[C@H](C(O)c2ccc(Cl)cc2)[C@@H](O)[C@H]1O. The number of fused-ring (bicyclic) bond motifs is 1. The number of aromatic amines is 1. The van der Waals surface area contributed by atoms with Crippen LogP contribution in [0.3, 0.4) is 0 Å². The molecule has 6 N–H and O–H groups in total. The number of benzene rings is 1. The van der Waals surface area contributed by atoms with E-state index in [1.165, 1.54) is 10.9 Å². The Kier molecular flexibility index (Phi) is 4.49. The van der Waals surface area contributed by atoms with Gasteiger partial charge in [0, 0.05) is 5.02 Å². The second-order valence-electron chi connectivity index (χ2n) is 6.36. The third-order valence-electron chi connectivity index (χ3n) is 4.72. The third-order valence-corrected chi connectivity index (χ3v) is 4.97. The number of aromatic nitrogens is 3. The van der Waals surface area contributed by atoms with E-state index in [4.69, 9.17) is 22.1 Å². The molecule has 10 heteroatoms. The van der Waals surface area contributed by atoms with Crippen LogP contribution in [0.2, 0.25) is 5.02 Å². The molecule has 5 atom stereocenters. The Hall–Kier alpha value is -2.30. The monoisotopic (exact) mass is 395 g/mol. The summed E-state index contributed by atoms with van der Waals surface area (Å²) in [5.74, 6) is -0.676. The number of nitrogens with two attached hydrogens (primary N) is 1. The molecule has 0 amide bonds. The van der Waals surface area contributed by atoms with Crippen LogP contribution in [-0.2, 0) is 4.74 Å². The molecule has 1 saturated heterocycles. The van der Waals surface area contributed by atoms with Gasteiger partial charge in [-0.25, -0.2) is 13.9 Å². The lowest BCUT2D eigenvalue weighted by Crippen LogP contribution is -2.35. The highest BCUT2D eigenvalue weighted by Gasteiger charge is 2.49. The molecule has 4 rings (SSSR count). The Morgan fingerprint density at radius 1 is 1.26 bits per heavy atom. The summed E-state index contributed by atoms with van der Waals surface area (Å²) in [7, 11) is 0. The highest BCUT2D eigenvalue weighted by molar-refractivity contribution is 6.30. The fraction of sp³-hybridized carbons (Fsp3) is 0.294. The Bertz CT molecular complexity index is 983. The minimum absolute atomic E-state index is 0.0224. The molecule has 8 nitrogen and oxygen atoms in total. The number of H-pyrrole nitrogens is 1. The van der Waals surface area contributed by atoms with Crippen molar-refractivity contribution in [1.82, 2.24) is 9.55 Å². The van der Waals surface area contributed by atoms with Gasteiger partial charge in [-0.3, -0.25) is 0 Å². The van der Waals surface area contributed by atoms with Crippen LogP contribution in [0, 0.1) is 5.82 Å². The van der Waals surface area contributed by atoms with Crippen molar-refractivity contribution in [3.63, 3.8) is 0 Å². The quantitative estimate of drug-likeness (QED) is 0.513. The van der Waals surface area contributed by atoms with Gasteiger partial charge in [0.2, 0.25) is 24.0 Å². The van der Waals surface area contributed by atoms with Crippen LogP contribution in [0.1, 0.15) is 17.9 Å². The van der Waals surface area contributed by atoms with E-state index in [9.17, 15) is 19.7 Å².